The van der Waals surface area contributed by atoms with Crippen LogP contribution in [-0.2, 0) is 21.4 Å². The molecule has 0 fully saturated rings. The number of carbonyl (C=O) groups is 1. The topological polar surface area (TPSA) is 110 Å². The molecule has 0 aliphatic rings. The van der Waals surface area contributed by atoms with Gasteiger partial charge in [-0.25, -0.2) is 13.1 Å². The molecule has 1 heterocycles. The molecular weight excluding hydrogens is 516 g/mol. The van der Waals surface area contributed by atoms with E-state index in [9.17, 15) is 13.2 Å². The van der Waals surface area contributed by atoms with E-state index < -0.39 is 10.0 Å². The van der Waals surface area contributed by atoms with E-state index in [1.807, 2.05) is 0 Å². The van der Waals surface area contributed by atoms with Gasteiger partial charge in [-0.2, -0.15) is 0 Å². The molecule has 30 heavy (non-hydrogen) atoms. The Balaban J connectivity index is 1.44. The van der Waals surface area contributed by atoms with Crippen molar-refractivity contribution in [1.29, 1.82) is 0 Å². The van der Waals surface area contributed by atoms with Gasteiger partial charge in [-0.3, -0.25) is 4.79 Å². The quantitative estimate of drug-likeness (QED) is 0.434. The maximum Gasteiger partial charge on any atom is 0.240 e. The summed E-state index contributed by atoms with van der Waals surface area (Å²) in [6.07, 6.45) is -0.0497. The molecule has 0 saturated carbocycles. The molecule has 0 bridgehead atoms. The van der Waals surface area contributed by atoms with Crippen LogP contribution >= 0.6 is 38.9 Å². The molecule has 12 heteroatoms. The third-order valence-corrected chi connectivity index (χ3v) is 6.73. The molecule has 1 aromatic heterocycles. The van der Waals surface area contributed by atoms with Crippen molar-refractivity contribution >= 4 is 59.9 Å². The van der Waals surface area contributed by atoms with Crippen molar-refractivity contribution in [1.82, 2.24) is 14.9 Å². The zero-order valence-corrected chi connectivity index (χ0v) is 19.3. The first-order chi connectivity index (χ1) is 14.3. The number of hydrogen-bond donors (Lipinski definition) is 2. The average Bonchev–Trinajstić information content (AvgIpc) is 3.15. The lowest BCUT2D eigenvalue weighted by atomic mass is 10.3. The van der Waals surface area contributed by atoms with Crippen LogP contribution in [-0.4, -0.2) is 31.1 Å². The summed E-state index contributed by atoms with van der Waals surface area (Å²) in [6.45, 7) is 0.151. The Bertz CT molecular complexity index is 1110. The molecule has 8 nitrogen and oxygen atoms in total. The highest BCUT2D eigenvalue weighted by Crippen LogP contribution is 2.20. The molecule has 0 unspecified atom stereocenters. The molecule has 2 aromatic carbocycles. The van der Waals surface area contributed by atoms with Crippen LogP contribution in [0, 0.1) is 0 Å². The molecule has 0 aliphatic carbocycles. The smallest absolute Gasteiger partial charge is 0.240 e. The van der Waals surface area contributed by atoms with E-state index in [0.717, 1.165) is 4.47 Å². The van der Waals surface area contributed by atoms with E-state index in [1.54, 1.807) is 36.4 Å². The van der Waals surface area contributed by atoms with Crippen LogP contribution in [0.2, 0.25) is 5.02 Å². The first kappa shape index (κ1) is 22.6. The Kier molecular flexibility index (Phi) is 7.78. The summed E-state index contributed by atoms with van der Waals surface area (Å²) in [6, 6.07) is 13.1. The number of nitrogens with zero attached hydrogens (tertiary/aromatic N) is 2. The summed E-state index contributed by atoms with van der Waals surface area (Å²) in [5.74, 6) is 0.257. The monoisotopic (exact) mass is 530 g/mol. The number of aromatic nitrogens is 2. The highest BCUT2D eigenvalue weighted by Gasteiger charge is 2.15. The van der Waals surface area contributed by atoms with Gasteiger partial charge in [-0.05, 0) is 48.5 Å². The number of ether oxygens (including phenoxy) is 1. The van der Waals surface area contributed by atoms with Gasteiger partial charge < -0.3 is 10.1 Å². The number of nitrogens with one attached hydrogen (secondary N) is 2. The SMILES string of the molecule is O=C(CCNS(=O)(=O)c1ccc(Br)cc1)Nc1nnc(COc2ccc(Cl)cc2)s1. The number of benzene rings is 2. The second-order valence-corrected chi connectivity index (χ2v) is 10.1. The van der Waals surface area contributed by atoms with Gasteiger partial charge >= 0.3 is 0 Å². The summed E-state index contributed by atoms with van der Waals surface area (Å²) in [7, 11) is -3.68. The van der Waals surface area contributed by atoms with Crippen LogP contribution in [0.4, 0.5) is 5.13 Å². The molecule has 3 rings (SSSR count). The number of carbonyl (C=O) groups excluding carboxylic acids is 1. The van der Waals surface area contributed by atoms with Crippen molar-refractivity contribution in [2.45, 2.75) is 17.9 Å². The van der Waals surface area contributed by atoms with E-state index in [2.05, 4.69) is 36.2 Å². The average molecular weight is 532 g/mol. The van der Waals surface area contributed by atoms with Crippen molar-refractivity contribution in [3.63, 3.8) is 0 Å². The van der Waals surface area contributed by atoms with Gasteiger partial charge in [-0.1, -0.05) is 38.9 Å². The lowest BCUT2D eigenvalue weighted by molar-refractivity contribution is -0.116. The number of sulfonamides is 1. The molecular formula is C18H16BrClN4O4S2. The summed E-state index contributed by atoms with van der Waals surface area (Å²) in [4.78, 5) is 12.2. The number of halogens is 2. The van der Waals surface area contributed by atoms with Gasteiger partial charge in [-0.15, -0.1) is 10.2 Å². The van der Waals surface area contributed by atoms with Gasteiger partial charge in [0.1, 0.15) is 12.4 Å². The van der Waals surface area contributed by atoms with Crippen LogP contribution in [0.5, 0.6) is 5.75 Å². The van der Waals surface area contributed by atoms with E-state index >= 15 is 0 Å². The van der Waals surface area contributed by atoms with Crippen LogP contribution in [0.1, 0.15) is 11.4 Å². The normalized spacial score (nSPS) is 11.3. The molecule has 0 radical (unpaired) electrons. The van der Waals surface area contributed by atoms with Crippen LogP contribution in [0.15, 0.2) is 57.9 Å². The summed E-state index contributed by atoms with van der Waals surface area (Å²) in [5.41, 5.74) is 0. The van der Waals surface area contributed by atoms with Gasteiger partial charge in [0.25, 0.3) is 0 Å². The minimum Gasteiger partial charge on any atom is -0.486 e. The largest absolute Gasteiger partial charge is 0.486 e. The van der Waals surface area contributed by atoms with Crippen molar-refractivity contribution in [2.75, 3.05) is 11.9 Å². The summed E-state index contributed by atoms with van der Waals surface area (Å²) >= 11 is 10.2. The van der Waals surface area contributed by atoms with Gasteiger partial charge in [0.05, 0.1) is 4.90 Å². The maximum absolute atomic E-state index is 12.2. The number of amides is 1. The molecule has 3 aromatic rings. The predicted octanol–water partition coefficient (Wildman–Crippen LogP) is 3.84. The minimum atomic E-state index is -3.68. The molecule has 2 N–H and O–H groups in total. The van der Waals surface area contributed by atoms with E-state index in [-0.39, 0.29) is 30.4 Å². The molecule has 0 spiro atoms. The second-order valence-electron chi connectivity index (χ2n) is 5.89. The Morgan fingerprint density at radius 1 is 1.10 bits per heavy atom. The third kappa shape index (κ3) is 6.74. The standard InChI is InChI=1S/C18H16BrClN4O4S2/c19-12-1-7-15(8-2-12)30(26,27)21-10-9-16(25)22-18-24-23-17(29-18)11-28-14-5-3-13(20)4-6-14/h1-8,21H,9-11H2,(H,22,24,25). The fraction of sp³-hybridized carbons (Fsp3) is 0.167. The van der Waals surface area contributed by atoms with Crippen molar-refractivity contribution in [3.8, 4) is 5.75 Å². The van der Waals surface area contributed by atoms with E-state index in [1.165, 1.54) is 23.5 Å². The maximum atomic E-state index is 12.2. The predicted molar refractivity (Wildman–Crippen MR) is 118 cm³/mol. The minimum absolute atomic E-state index is 0.0461. The molecule has 158 valence electrons. The Hall–Kier alpha value is -2.05. The molecule has 0 aliphatic heterocycles. The van der Waals surface area contributed by atoms with Gasteiger partial charge in [0.2, 0.25) is 21.1 Å². The van der Waals surface area contributed by atoms with Gasteiger partial charge in [0.15, 0.2) is 5.01 Å². The highest BCUT2D eigenvalue weighted by atomic mass is 79.9. The van der Waals surface area contributed by atoms with Gasteiger partial charge in [0, 0.05) is 22.5 Å². The Labute approximate surface area is 190 Å². The van der Waals surface area contributed by atoms with Crippen LogP contribution in [0.3, 0.4) is 0 Å². The number of hydrogen-bond acceptors (Lipinski definition) is 7. The fourth-order valence-electron chi connectivity index (χ4n) is 2.22. The van der Waals surface area contributed by atoms with E-state index in [0.29, 0.717) is 20.9 Å². The Morgan fingerprint density at radius 3 is 2.50 bits per heavy atom. The van der Waals surface area contributed by atoms with Crippen molar-refractivity contribution < 1.29 is 17.9 Å². The second kappa shape index (κ2) is 10.3. The summed E-state index contributed by atoms with van der Waals surface area (Å²) < 4.78 is 33.1. The first-order valence-corrected chi connectivity index (χ1v) is 12.0. The number of rotatable bonds is 9. The lowest BCUT2D eigenvalue weighted by Gasteiger charge is -2.06. The van der Waals surface area contributed by atoms with Crippen molar-refractivity contribution in [3.05, 3.63) is 63.0 Å². The fourth-order valence-corrected chi connectivity index (χ4v) is 4.31. The van der Waals surface area contributed by atoms with Crippen LogP contribution in [0.25, 0.3) is 0 Å². The Morgan fingerprint density at radius 2 is 1.80 bits per heavy atom. The molecule has 0 atom stereocenters. The van der Waals surface area contributed by atoms with Crippen LogP contribution < -0.4 is 14.8 Å². The van der Waals surface area contributed by atoms with Crippen molar-refractivity contribution in [2.24, 2.45) is 0 Å². The molecule has 0 saturated heterocycles. The third-order valence-electron chi connectivity index (χ3n) is 3.66. The lowest BCUT2D eigenvalue weighted by Crippen LogP contribution is -2.27. The zero-order valence-electron chi connectivity index (χ0n) is 15.3. The summed E-state index contributed by atoms with van der Waals surface area (Å²) in [5, 5.41) is 11.9. The highest BCUT2D eigenvalue weighted by molar-refractivity contribution is 9.10. The zero-order chi connectivity index (χ0) is 21.6. The number of anilines is 1. The molecule has 1 amide bonds. The first-order valence-electron chi connectivity index (χ1n) is 8.58. The van der Waals surface area contributed by atoms with E-state index in [4.69, 9.17) is 16.3 Å².